The molecule has 0 atom stereocenters. The van der Waals surface area contributed by atoms with E-state index in [0.29, 0.717) is 37.4 Å². The molecule has 0 spiro atoms. The van der Waals surface area contributed by atoms with E-state index in [0.717, 1.165) is 51.4 Å². The van der Waals surface area contributed by atoms with E-state index in [1.807, 2.05) is 13.8 Å². The first-order valence-corrected chi connectivity index (χ1v) is 10.1. The standard InChI is InChI=1S/C20H33N3O4/c1-4-8-23(20(25)18-15-16(2)27-17(18)3)10-6-19(24)21-7-5-9-22-11-13-26-14-12-22/h15H,4-14H2,1-3H3,(H,21,24)/p+1. The number of nitrogens with zero attached hydrogens (tertiary/aromatic N) is 1. The molecular formula is C20H34N3O4+. The lowest BCUT2D eigenvalue weighted by molar-refractivity contribution is -0.908. The highest BCUT2D eigenvalue weighted by atomic mass is 16.5. The molecule has 1 aliphatic rings. The van der Waals surface area contributed by atoms with Crippen molar-refractivity contribution in [1.29, 1.82) is 0 Å². The Morgan fingerprint density at radius 1 is 1.22 bits per heavy atom. The lowest BCUT2D eigenvalue weighted by Crippen LogP contribution is -3.14. The van der Waals surface area contributed by atoms with Gasteiger partial charge in [-0.05, 0) is 26.3 Å². The molecule has 0 aromatic carbocycles. The van der Waals surface area contributed by atoms with Crippen molar-refractivity contribution < 1.29 is 23.6 Å². The summed E-state index contributed by atoms with van der Waals surface area (Å²) in [5.74, 6) is 1.30. The van der Waals surface area contributed by atoms with Crippen LogP contribution in [0.1, 0.15) is 48.1 Å². The molecule has 152 valence electrons. The number of carbonyl (C=O) groups excluding carboxylic acids is 2. The molecule has 0 saturated carbocycles. The third-order valence-corrected chi connectivity index (χ3v) is 4.89. The predicted octanol–water partition coefficient (Wildman–Crippen LogP) is 0.560. The van der Waals surface area contributed by atoms with Crippen molar-refractivity contribution in [3.05, 3.63) is 23.2 Å². The first kappa shape index (κ1) is 21.4. The minimum atomic E-state index is -0.0603. The Hall–Kier alpha value is -1.86. The summed E-state index contributed by atoms with van der Waals surface area (Å²) in [6.45, 7) is 12.2. The van der Waals surface area contributed by atoms with Crippen LogP contribution in [0, 0.1) is 13.8 Å². The second-order valence-corrected chi connectivity index (χ2v) is 7.18. The predicted molar refractivity (Wildman–Crippen MR) is 103 cm³/mol. The zero-order valence-electron chi connectivity index (χ0n) is 16.9. The lowest BCUT2D eigenvalue weighted by atomic mass is 10.2. The quantitative estimate of drug-likeness (QED) is 0.582. The molecule has 0 aliphatic carbocycles. The number of ether oxygens (including phenoxy) is 1. The van der Waals surface area contributed by atoms with Crippen molar-refractivity contribution in [1.82, 2.24) is 10.2 Å². The van der Waals surface area contributed by atoms with Crippen molar-refractivity contribution in [2.45, 2.75) is 40.0 Å². The summed E-state index contributed by atoms with van der Waals surface area (Å²) in [6, 6.07) is 1.77. The van der Waals surface area contributed by atoms with Crippen LogP contribution >= 0.6 is 0 Å². The van der Waals surface area contributed by atoms with Crippen molar-refractivity contribution in [2.24, 2.45) is 0 Å². The molecule has 1 aromatic heterocycles. The zero-order chi connectivity index (χ0) is 19.6. The molecule has 7 nitrogen and oxygen atoms in total. The van der Waals surface area contributed by atoms with E-state index in [9.17, 15) is 9.59 Å². The second kappa shape index (κ2) is 11.1. The molecule has 2 heterocycles. The summed E-state index contributed by atoms with van der Waals surface area (Å²) in [6.07, 6.45) is 2.14. The fraction of sp³-hybridized carbons (Fsp3) is 0.700. The van der Waals surface area contributed by atoms with Crippen LogP contribution in [-0.4, -0.2) is 69.2 Å². The zero-order valence-corrected chi connectivity index (χ0v) is 16.9. The number of morpholine rings is 1. The molecule has 2 rings (SSSR count). The van der Waals surface area contributed by atoms with Crippen molar-refractivity contribution >= 4 is 11.8 Å². The number of nitrogens with one attached hydrogen (secondary N) is 2. The summed E-state index contributed by atoms with van der Waals surface area (Å²) >= 11 is 0. The van der Waals surface area contributed by atoms with Crippen LogP contribution in [0.5, 0.6) is 0 Å². The van der Waals surface area contributed by atoms with Gasteiger partial charge in [0.2, 0.25) is 5.91 Å². The molecule has 27 heavy (non-hydrogen) atoms. The smallest absolute Gasteiger partial charge is 0.257 e. The van der Waals surface area contributed by atoms with Gasteiger partial charge in [0.05, 0.1) is 25.3 Å². The van der Waals surface area contributed by atoms with Gasteiger partial charge in [-0.2, -0.15) is 0 Å². The molecule has 1 aliphatic heterocycles. The number of hydrogen-bond donors (Lipinski definition) is 2. The average molecular weight is 381 g/mol. The molecule has 2 amide bonds. The third kappa shape index (κ3) is 6.99. The highest BCUT2D eigenvalue weighted by molar-refractivity contribution is 5.95. The van der Waals surface area contributed by atoms with Gasteiger partial charge in [0.15, 0.2) is 0 Å². The topological polar surface area (TPSA) is 76.2 Å². The largest absolute Gasteiger partial charge is 0.466 e. The van der Waals surface area contributed by atoms with Crippen LogP contribution in [0.2, 0.25) is 0 Å². The van der Waals surface area contributed by atoms with Gasteiger partial charge in [-0.1, -0.05) is 6.92 Å². The minimum absolute atomic E-state index is 0.000904. The van der Waals surface area contributed by atoms with E-state index in [1.54, 1.807) is 22.8 Å². The molecule has 0 radical (unpaired) electrons. The highest BCUT2D eigenvalue weighted by Crippen LogP contribution is 2.16. The van der Waals surface area contributed by atoms with E-state index in [-0.39, 0.29) is 11.8 Å². The fourth-order valence-electron chi connectivity index (χ4n) is 3.40. The SMILES string of the molecule is CCCN(CCC(=O)NCCC[NH+]1CCOCC1)C(=O)c1cc(C)oc1C. The number of amides is 2. The van der Waals surface area contributed by atoms with Crippen LogP contribution in [0.15, 0.2) is 10.5 Å². The molecule has 1 aromatic rings. The van der Waals surface area contributed by atoms with Crippen LogP contribution in [-0.2, 0) is 9.53 Å². The van der Waals surface area contributed by atoms with E-state index in [2.05, 4.69) is 5.32 Å². The minimum Gasteiger partial charge on any atom is -0.466 e. The van der Waals surface area contributed by atoms with Crippen molar-refractivity contribution in [2.75, 3.05) is 52.5 Å². The Kier molecular flexibility index (Phi) is 8.81. The summed E-state index contributed by atoms with van der Waals surface area (Å²) in [4.78, 5) is 28.2. The van der Waals surface area contributed by atoms with Gasteiger partial charge < -0.3 is 24.3 Å². The molecule has 7 heteroatoms. The number of furan rings is 1. The maximum absolute atomic E-state index is 12.7. The molecule has 1 saturated heterocycles. The van der Waals surface area contributed by atoms with Gasteiger partial charge in [-0.3, -0.25) is 9.59 Å². The maximum atomic E-state index is 12.7. The van der Waals surface area contributed by atoms with Crippen LogP contribution in [0.4, 0.5) is 0 Å². The Morgan fingerprint density at radius 3 is 2.59 bits per heavy atom. The summed E-state index contributed by atoms with van der Waals surface area (Å²) in [5.41, 5.74) is 0.592. The van der Waals surface area contributed by atoms with E-state index in [1.165, 1.54) is 0 Å². The molecular weight excluding hydrogens is 346 g/mol. The van der Waals surface area contributed by atoms with Gasteiger partial charge >= 0.3 is 0 Å². The van der Waals surface area contributed by atoms with Crippen LogP contribution < -0.4 is 10.2 Å². The Morgan fingerprint density at radius 2 is 1.96 bits per heavy atom. The monoisotopic (exact) mass is 380 g/mol. The lowest BCUT2D eigenvalue weighted by Gasteiger charge is -2.23. The molecule has 0 bridgehead atoms. The number of rotatable bonds is 10. The fourth-order valence-corrected chi connectivity index (χ4v) is 3.40. The van der Waals surface area contributed by atoms with Crippen molar-refractivity contribution in [3.8, 4) is 0 Å². The molecule has 2 N–H and O–H groups in total. The third-order valence-electron chi connectivity index (χ3n) is 4.89. The average Bonchev–Trinajstić information content (AvgIpc) is 3.00. The number of carbonyl (C=O) groups is 2. The number of hydrogen-bond acceptors (Lipinski definition) is 4. The van der Waals surface area contributed by atoms with Gasteiger partial charge in [-0.15, -0.1) is 0 Å². The second-order valence-electron chi connectivity index (χ2n) is 7.18. The van der Waals surface area contributed by atoms with Crippen LogP contribution in [0.3, 0.4) is 0 Å². The Bertz CT molecular complexity index is 608. The highest BCUT2D eigenvalue weighted by Gasteiger charge is 2.20. The Labute approximate surface area is 162 Å². The van der Waals surface area contributed by atoms with Gasteiger partial charge in [0.25, 0.3) is 5.91 Å². The van der Waals surface area contributed by atoms with E-state index in [4.69, 9.17) is 9.15 Å². The summed E-state index contributed by atoms with van der Waals surface area (Å²) < 4.78 is 10.8. The van der Waals surface area contributed by atoms with Crippen LogP contribution in [0.25, 0.3) is 0 Å². The number of aryl methyl sites for hydroxylation is 2. The maximum Gasteiger partial charge on any atom is 0.257 e. The first-order chi connectivity index (χ1) is 13.0. The van der Waals surface area contributed by atoms with E-state index < -0.39 is 0 Å². The van der Waals surface area contributed by atoms with Crippen molar-refractivity contribution in [3.63, 3.8) is 0 Å². The van der Waals surface area contributed by atoms with E-state index >= 15 is 0 Å². The normalized spacial score (nSPS) is 14.9. The summed E-state index contributed by atoms with van der Waals surface area (Å²) in [5, 5.41) is 2.97. The Balaban J connectivity index is 1.71. The number of quaternary nitrogens is 1. The van der Waals surface area contributed by atoms with Gasteiger partial charge in [0, 0.05) is 32.5 Å². The molecule has 1 fully saturated rings. The first-order valence-electron chi connectivity index (χ1n) is 10.1. The molecule has 0 unspecified atom stereocenters. The summed E-state index contributed by atoms with van der Waals surface area (Å²) in [7, 11) is 0. The van der Waals surface area contributed by atoms with Gasteiger partial charge in [0.1, 0.15) is 24.6 Å². The van der Waals surface area contributed by atoms with Gasteiger partial charge in [-0.25, -0.2) is 0 Å².